The molecule has 3 rings (SSSR count). The lowest BCUT2D eigenvalue weighted by molar-refractivity contribution is 0.0954. The standard InChI is InChI=1S/C18H14N2O5/c1-10-2-3-16-15(4-10)17(23)12(9-25-16)8-19-20-18(24)11-5-13(21)7-14(22)6-11/h2-9,21-22H,1H3,(H,20,24). The molecular weight excluding hydrogens is 324 g/mol. The SMILES string of the molecule is Cc1ccc2occ(C=NNC(=O)c3cc(O)cc(O)c3)c(=O)c2c1. The van der Waals surface area contributed by atoms with E-state index in [-0.39, 0.29) is 28.1 Å². The van der Waals surface area contributed by atoms with Crippen LogP contribution in [0.2, 0.25) is 0 Å². The second-order valence-corrected chi connectivity index (χ2v) is 5.46. The second-order valence-electron chi connectivity index (χ2n) is 5.46. The molecule has 1 heterocycles. The van der Waals surface area contributed by atoms with E-state index in [2.05, 4.69) is 10.5 Å². The number of phenolic OH excluding ortho intramolecular Hbond substituents is 2. The van der Waals surface area contributed by atoms with Crippen LogP contribution in [0.3, 0.4) is 0 Å². The lowest BCUT2D eigenvalue weighted by Gasteiger charge is -2.02. The first-order chi connectivity index (χ1) is 11.9. The predicted octanol–water partition coefficient (Wildman–Crippen LogP) is 2.28. The third kappa shape index (κ3) is 3.50. The van der Waals surface area contributed by atoms with Gasteiger partial charge in [0.2, 0.25) is 5.43 Å². The molecule has 0 fully saturated rings. The third-order valence-corrected chi connectivity index (χ3v) is 3.49. The van der Waals surface area contributed by atoms with Crippen LogP contribution in [0.5, 0.6) is 11.5 Å². The number of aryl methyl sites for hydroxylation is 1. The minimum absolute atomic E-state index is 0.0239. The molecule has 0 spiro atoms. The van der Waals surface area contributed by atoms with Crippen LogP contribution in [0.4, 0.5) is 0 Å². The van der Waals surface area contributed by atoms with Crippen molar-refractivity contribution in [2.24, 2.45) is 5.10 Å². The van der Waals surface area contributed by atoms with Crippen LogP contribution >= 0.6 is 0 Å². The molecule has 1 aromatic heterocycles. The lowest BCUT2D eigenvalue weighted by Crippen LogP contribution is -2.18. The molecule has 126 valence electrons. The fourth-order valence-corrected chi connectivity index (χ4v) is 2.30. The second kappa shape index (κ2) is 6.48. The summed E-state index contributed by atoms with van der Waals surface area (Å²) in [5.74, 6) is -1.15. The van der Waals surface area contributed by atoms with Gasteiger partial charge >= 0.3 is 0 Å². The zero-order valence-electron chi connectivity index (χ0n) is 13.2. The summed E-state index contributed by atoms with van der Waals surface area (Å²) < 4.78 is 5.38. The van der Waals surface area contributed by atoms with Crippen LogP contribution in [-0.2, 0) is 0 Å². The van der Waals surface area contributed by atoms with Gasteiger partial charge in [0.15, 0.2) is 0 Å². The van der Waals surface area contributed by atoms with Gasteiger partial charge in [-0.15, -0.1) is 0 Å². The first-order valence-corrected chi connectivity index (χ1v) is 7.32. The van der Waals surface area contributed by atoms with Gasteiger partial charge in [0.1, 0.15) is 23.3 Å². The summed E-state index contributed by atoms with van der Waals surface area (Å²) in [4.78, 5) is 24.3. The Morgan fingerprint density at radius 2 is 1.88 bits per heavy atom. The molecule has 0 saturated carbocycles. The Hall–Kier alpha value is -3.61. The molecule has 1 amide bonds. The van der Waals surface area contributed by atoms with E-state index < -0.39 is 5.91 Å². The minimum atomic E-state index is -0.650. The van der Waals surface area contributed by atoms with E-state index >= 15 is 0 Å². The number of hydrazone groups is 1. The van der Waals surface area contributed by atoms with E-state index in [9.17, 15) is 19.8 Å². The van der Waals surface area contributed by atoms with Gasteiger partial charge in [-0.2, -0.15) is 5.10 Å². The molecule has 2 aromatic carbocycles. The van der Waals surface area contributed by atoms with Crippen molar-refractivity contribution in [2.45, 2.75) is 6.92 Å². The number of nitrogens with one attached hydrogen (secondary N) is 1. The Kier molecular flexibility index (Phi) is 4.21. The number of rotatable bonds is 3. The van der Waals surface area contributed by atoms with E-state index in [0.717, 1.165) is 11.6 Å². The van der Waals surface area contributed by atoms with Gasteiger partial charge in [0.25, 0.3) is 5.91 Å². The molecule has 0 saturated heterocycles. The van der Waals surface area contributed by atoms with Crippen LogP contribution in [-0.4, -0.2) is 22.3 Å². The van der Waals surface area contributed by atoms with Gasteiger partial charge < -0.3 is 14.6 Å². The molecule has 0 radical (unpaired) electrons. The van der Waals surface area contributed by atoms with E-state index in [0.29, 0.717) is 11.0 Å². The number of hydrogen-bond donors (Lipinski definition) is 3. The number of nitrogens with zero attached hydrogens (tertiary/aromatic N) is 1. The van der Waals surface area contributed by atoms with E-state index in [4.69, 9.17) is 4.42 Å². The van der Waals surface area contributed by atoms with Crippen molar-refractivity contribution in [3.63, 3.8) is 0 Å². The molecule has 0 atom stereocenters. The largest absolute Gasteiger partial charge is 0.508 e. The Morgan fingerprint density at radius 3 is 2.60 bits per heavy atom. The third-order valence-electron chi connectivity index (χ3n) is 3.49. The van der Waals surface area contributed by atoms with E-state index in [1.54, 1.807) is 12.1 Å². The van der Waals surface area contributed by atoms with Crippen LogP contribution in [0.15, 0.2) is 57.0 Å². The van der Waals surface area contributed by atoms with Crippen molar-refractivity contribution < 1.29 is 19.4 Å². The monoisotopic (exact) mass is 338 g/mol. The molecule has 0 aliphatic heterocycles. The maximum absolute atomic E-state index is 12.4. The first kappa shape index (κ1) is 16.3. The highest BCUT2D eigenvalue weighted by atomic mass is 16.3. The van der Waals surface area contributed by atoms with Crippen molar-refractivity contribution in [3.8, 4) is 11.5 Å². The van der Waals surface area contributed by atoms with Crippen molar-refractivity contribution in [1.82, 2.24) is 5.43 Å². The lowest BCUT2D eigenvalue weighted by atomic mass is 10.1. The summed E-state index contributed by atoms with van der Waals surface area (Å²) >= 11 is 0. The highest BCUT2D eigenvalue weighted by Gasteiger charge is 2.08. The van der Waals surface area contributed by atoms with Gasteiger partial charge in [-0.05, 0) is 31.2 Å². The number of fused-ring (bicyclic) bond motifs is 1. The maximum Gasteiger partial charge on any atom is 0.271 e. The number of aromatic hydroxyl groups is 2. The topological polar surface area (TPSA) is 112 Å². The maximum atomic E-state index is 12.4. The van der Waals surface area contributed by atoms with Crippen LogP contribution in [0, 0.1) is 6.92 Å². The Balaban J connectivity index is 1.82. The minimum Gasteiger partial charge on any atom is -0.508 e. The van der Waals surface area contributed by atoms with Crippen molar-refractivity contribution in [3.05, 3.63) is 69.6 Å². The fourth-order valence-electron chi connectivity index (χ4n) is 2.30. The van der Waals surface area contributed by atoms with Gasteiger partial charge in [-0.1, -0.05) is 11.6 Å². The summed E-state index contributed by atoms with van der Waals surface area (Å²) in [6.45, 7) is 1.87. The van der Waals surface area contributed by atoms with Gasteiger partial charge in [0.05, 0.1) is 17.2 Å². The normalized spacial score (nSPS) is 11.1. The summed E-state index contributed by atoms with van der Waals surface area (Å²) in [5, 5.41) is 22.9. The quantitative estimate of drug-likeness (QED) is 0.501. The number of carbonyl (C=O) groups is 1. The highest BCUT2D eigenvalue weighted by molar-refractivity contribution is 5.95. The Morgan fingerprint density at radius 1 is 1.16 bits per heavy atom. The molecule has 25 heavy (non-hydrogen) atoms. The molecular formula is C18H14N2O5. The van der Waals surface area contributed by atoms with Crippen molar-refractivity contribution in [1.29, 1.82) is 0 Å². The van der Waals surface area contributed by atoms with Crippen molar-refractivity contribution >= 4 is 23.1 Å². The first-order valence-electron chi connectivity index (χ1n) is 7.32. The molecule has 7 nitrogen and oxygen atoms in total. The number of benzene rings is 2. The Labute approximate surface area is 141 Å². The van der Waals surface area contributed by atoms with Gasteiger partial charge in [-0.3, -0.25) is 9.59 Å². The van der Waals surface area contributed by atoms with Gasteiger partial charge in [-0.25, -0.2) is 5.43 Å². The molecule has 0 unspecified atom stereocenters. The Bertz CT molecular complexity index is 1030. The molecule has 0 aliphatic carbocycles. The van der Waals surface area contributed by atoms with E-state index in [1.807, 2.05) is 13.0 Å². The molecule has 3 aromatic rings. The smallest absolute Gasteiger partial charge is 0.271 e. The molecule has 7 heteroatoms. The number of carbonyl (C=O) groups excluding carboxylic acids is 1. The average Bonchev–Trinajstić information content (AvgIpc) is 2.56. The predicted molar refractivity (Wildman–Crippen MR) is 92.1 cm³/mol. The van der Waals surface area contributed by atoms with E-state index in [1.165, 1.54) is 24.6 Å². The molecule has 3 N–H and O–H groups in total. The summed E-state index contributed by atoms with van der Waals surface area (Å²) in [7, 11) is 0. The number of phenols is 2. The zero-order chi connectivity index (χ0) is 18.0. The highest BCUT2D eigenvalue weighted by Crippen LogP contribution is 2.20. The van der Waals surface area contributed by atoms with Crippen LogP contribution < -0.4 is 10.9 Å². The molecule has 0 bridgehead atoms. The van der Waals surface area contributed by atoms with Crippen LogP contribution in [0.25, 0.3) is 11.0 Å². The average molecular weight is 338 g/mol. The van der Waals surface area contributed by atoms with Gasteiger partial charge in [0, 0.05) is 11.6 Å². The molecule has 0 aliphatic rings. The number of amides is 1. The summed E-state index contributed by atoms with van der Waals surface area (Å²) in [6.07, 6.45) is 2.43. The number of hydrogen-bond acceptors (Lipinski definition) is 6. The summed E-state index contributed by atoms with van der Waals surface area (Å²) in [6, 6.07) is 8.72. The fraction of sp³-hybridized carbons (Fsp3) is 0.0556. The van der Waals surface area contributed by atoms with Crippen molar-refractivity contribution in [2.75, 3.05) is 0 Å². The summed E-state index contributed by atoms with van der Waals surface area (Å²) in [5.41, 5.74) is 3.54. The van der Waals surface area contributed by atoms with Crippen LogP contribution in [0.1, 0.15) is 21.5 Å². The zero-order valence-corrected chi connectivity index (χ0v) is 13.2.